The van der Waals surface area contributed by atoms with Gasteiger partial charge in [0.2, 0.25) is 0 Å². The minimum atomic E-state index is -0.273. The van der Waals surface area contributed by atoms with Gasteiger partial charge in [-0.3, -0.25) is 9.59 Å². The van der Waals surface area contributed by atoms with Crippen molar-refractivity contribution in [2.45, 2.75) is 10.6 Å². The van der Waals surface area contributed by atoms with Crippen LogP contribution >= 0.6 is 23.4 Å². The maximum absolute atomic E-state index is 13.2. The number of amides is 1. The molecule has 0 saturated carbocycles. The van der Waals surface area contributed by atoms with Crippen molar-refractivity contribution < 1.29 is 9.59 Å². The third-order valence-corrected chi connectivity index (χ3v) is 6.26. The van der Waals surface area contributed by atoms with Crippen LogP contribution in [0.15, 0.2) is 108 Å². The normalized spacial score (nSPS) is 10.5. The molecule has 158 valence electrons. The Hall–Kier alpha value is -3.34. The fourth-order valence-electron chi connectivity index (χ4n) is 3.26. The van der Waals surface area contributed by atoms with Crippen LogP contribution in [0.4, 0.5) is 5.69 Å². The highest BCUT2D eigenvalue weighted by atomic mass is 35.5. The van der Waals surface area contributed by atoms with Gasteiger partial charge in [-0.05, 0) is 35.9 Å². The first-order valence-electron chi connectivity index (χ1n) is 10.1. The Kier molecular flexibility index (Phi) is 7.05. The fraction of sp³-hybridized carbons (Fsp3) is 0.0370. The molecule has 0 aliphatic heterocycles. The van der Waals surface area contributed by atoms with Gasteiger partial charge in [0.05, 0.1) is 11.3 Å². The maximum atomic E-state index is 13.2. The number of carbonyl (C=O) groups excluding carboxylic acids is 2. The van der Waals surface area contributed by atoms with E-state index in [1.54, 1.807) is 60.3 Å². The van der Waals surface area contributed by atoms with E-state index in [4.69, 9.17) is 11.6 Å². The molecule has 4 rings (SSSR count). The largest absolute Gasteiger partial charge is 0.321 e. The molecule has 0 aliphatic carbocycles. The molecule has 1 N–H and O–H groups in total. The highest BCUT2D eigenvalue weighted by Gasteiger charge is 2.18. The first kappa shape index (κ1) is 21.9. The monoisotopic (exact) mass is 457 g/mol. The summed E-state index contributed by atoms with van der Waals surface area (Å²) in [5.41, 5.74) is 3.05. The first-order valence-corrected chi connectivity index (χ1v) is 11.4. The van der Waals surface area contributed by atoms with Crippen LogP contribution in [0.5, 0.6) is 0 Å². The molecule has 0 radical (unpaired) electrons. The Morgan fingerprint density at radius 3 is 2.16 bits per heavy atom. The third kappa shape index (κ3) is 5.28. The predicted octanol–water partition coefficient (Wildman–Crippen LogP) is 7.12. The van der Waals surface area contributed by atoms with Crippen LogP contribution in [0.2, 0.25) is 5.02 Å². The fourth-order valence-corrected chi connectivity index (χ4v) is 4.44. The number of nitrogens with one attached hydrogen (secondary N) is 1. The summed E-state index contributed by atoms with van der Waals surface area (Å²) in [5, 5.41) is 3.34. The molecular weight excluding hydrogens is 438 g/mol. The molecule has 0 aromatic heterocycles. The van der Waals surface area contributed by atoms with Crippen LogP contribution in [-0.2, 0) is 5.75 Å². The molecule has 3 nitrogen and oxygen atoms in total. The SMILES string of the molecule is O=C(c1ccccc1)c1cc(Cl)ccc1NC(=O)c1ccccc1SCc1ccccc1. The van der Waals surface area contributed by atoms with Crippen LogP contribution in [0.25, 0.3) is 0 Å². The summed E-state index contributed by atoms with van der Waals surface area (Å²) in [4.78, 5) is 27.1. The molecule has 0 spiro atoms. The molecule has 32 heavy (non-hydrogen) atoms. The van der Waals surface area contributed by atoms with Gasteiger partial charge in [0.25, 0.3) is 5.91 Å². The summed E-state index contributed by atoms with van der Waals surface area (Å²) in [6.07, 6.45) is 0. The molecule has 4 aromatic carbocycles. The second-order valence-electron chi connectivity index (χ2n) is 7.11. The molecule has 4 aromatic rings. The maximum Gasteiger partial charge on any atom is 0.256 e. The summed E-state index contributed by atoms with van der Waals surface area (Å²) < 4.78 is 0. The van der Waals surface area contributed by atoms with Crippen LogP contribution in [0.3, 0.4) is 0 Å². The van der Waals surface area contributed by atoms with E-state index in [1.165, 1.54) is 5.56 Å². The van der Waals surface area contributed by atoms with Gasteiger partial charge in [-0.2, -0.15) is 0 Å². The van der Waals surface area contributed by atoms with Crippen molar-refractivity contribution in [2.24, 2.45) is 0 Å². The number of carbonyl (C=O) groups is 2. The molecule has 0 unspecified atom stereocenters. The van der Waals surface area contributed by atoms with Gasteiger partial charge in [-0.15, -0.1) is 11.8 Å². The van der Waals surface area contributed by atoms with E-state index >= 15 is 0 Å². The average Bonchev–Trinajstić information content (AvgIpc) is 2.84. The molecule has 0 bridgehead atoms. The molecule has 0 fully saturated rings. The Morgan fingerprint density at radius 1 is 0.750 bits per heavy atom. The number of ketones is 1. The van der Waals surface area contributed by atoms with Crippen LogP contribution in [-0.4, -0.2) is 11.7 Å². The second kappa shape index (κ2) is 10.3. The number of benzene rings is 4. The lowest BCUT2D eigenvalue weighted by atomic mass is 10.0. The molecule has 0 saturated heterocycles. The van der Waals surface area contributed by atoms with Gasteiger partial charge < -0.3 is 5.32 Å². The number of hydrogen-bond donors (Lipinski definition) is 1. The van der Waals surface area contributed by atoms with Crippen molar-refractivity contribution in [3.8, 4) is 0 Å². The molecule has 5 heteroatoms. The molecule has 0 aliphatic rings. The van der Waals surface area contributed by atoms with Gasteiger partial charge in [-0.25, -0.2) is 0 Å². The van der Waals surface area contributed by atoms with Crippen molar-refractivity contribution >= 4 is 40.7 Å². The summed E-state index contributed by atoms with van der Waals surface area (Å²) in [6.45, 7) is 0. The van der Waals surface area contributed by atoms with Gasteiger partial charge in [-0.1, -0.05) is 84.4 Å². The van der Waals surface area contributed by atoms with Crippen molar-refractivity contribution in [1.29, 1.82) is 0 Å². The molecule has 0 atom stereocenters. The highest BCUT2D eigenvalue weighted by Crippen LogP contribution is 2.29. The lowest BCUT2D eigenvalue weighted by Gasteiger charge is -2.13. The highest BCUT2D eigenvalue weighted by molar-refractivity contribution is 7.98. The standard InChI is InChI=1S/C27H20ClNO2S/c28-21-15-16-24(23(17-21)26(30)20-11-5-2-6-12-20)29-27(31)22-13-7-8-14-25(22)32-18-19-9-3-1-4-10-19/h1-17H,18H2,(H,29,31). The van der Waals surface area contributed by atoms with E-state index in [0.717, 1.165) is 10.6 Å². The van der Waals surface area contributed by atoms with Crippen molar-refractivity contribution in [1.82, 2.24) is 0 Å². The lowest BCUT2D eigenvalue weighted by Crippen LogP contribution is -2.16. The zero-order valence-electron chi connectivity index (χ0n) is 17.1. The van der Waals surface area contributed by atoms with Gasteiger partial charge in [0, 0.05) is 26.8 Å². The van der Waals surface area contributed by atoms with E-state index in [9.17, 15) is 9.59 Å². The smallest absolute Gasteiger partial charge is 0.256 e. The summed E-state index contributed by atoms with van der Waals surface area (Å²) in [5.74, 6) is 0.282. The first-order chi connectivity index (χ1) is 15.6. The van der Waals surface area contributed by atoms with E-state index in [2.05, 4.69) is 17.4 Å². The van der Waals surface area contributed by atoms with E-state index in [0.29, 0.717) is 27.4 Å². The topological polar surface area (TPSA) is 46.2 Å². The number of anilines is 1. The van der Waals surface area contributed by atoms with Crippen molar-refractivity contribution in [3.63, 3.8) is 0 Å². The molecular formula is C27H20ClNO2S. The molecule has 1 amide bonds. The summed E-state index contributed by atoms with van der Waals surface area (Å²) in [6, 6.07) is 31.4. The Morgan fingerprint density at radius 2 is 1.41 bits per heavy atom. The number of rotatable bonds is 7. The number of hydrogen-bond acceptors (Lipinski definition) is 3. The molecule has 0 heterocycles. The minimum absolute atomic E-state index is 0.199. The van der Waals surface area contributed by atoms with E-state index in [1.807, 2.05) is 42.5 Å². The van der Waals surface area contributed by atoms with E-state index in [-0.39, 0.29) is 11.7 Å². The van der Waals surface area contributed by atoms with Crippen molar-refractivity contribution in [2.75, 3.05) is 5.32 Å². The zero-order chi connectivity index (χ0) is 22.3. The average molecular weight is 458 g/mol. The summed E-state index contributed by atoms with van der Waals surface area (Å²) in [7, 11) is 0. The van der Waals surface area contributed by atoms with Gasteiger partial charge >= 0.3 is 0 Å². The van der Waals surface area contributed by atoms with Gasteiger partial charge in [0.15, 0.2) is 5.78 Å². The predicted molar refractivity (Wildman–Crippen MR) is 132 cm³/mol. The van der Waals surface area contributed by atoms with Gasteiger partial charge in [0.1, 0.15) is 0 Å². The second-order valence-corrected chi connectivity index (χ2v) is 8.56. The Labute approximate surface area is 196 Å². The number of thioether (sulfide) groups is 1. The Balaban J connectivity index is 1.58. The van der Waals surface area contributed by atoms with Crippen LogP contribution < -0.4 is 5.32 Å². The zero-order valence-corrected chi connectivity index (χ0v) is 18.7. The van der Waals surface area contributed by atoms with Crippen molar-refractivity contribution in [3.05, 3.63) is 130 Å². The minimum Gasteiger partial charge on any atom is -0.321 e. The third-order valence-electron chi connectivity index (χ3n) is 4.88. The Bertz CT molecular complexity index is 1240. The van der Waals surface area contributed by atoms with Crippen LogP contribution in [0, 0.1) is 0 Å². The van der Waals surface area contributed by atoms with Crippen LogP contribution in [0.1, 0.15) is 31.8 Å². The van der Waals surface area contributed by atoms with E-state index < -0.39 is 0 Å². The quantitative estimate of drug-likeness (QED) is 0.237. The summed E-state index contributed by atoms with van der Waals surface area (Å²) >= 11 is 7.76. The number of halogens is 1. The lowest BCUT2D eigenvalue weighted by molar-refractivity contribution is 0.102.